The highest BCUT2D eigenvalue weighted by molar-refractivity contribution is 7.09. The van der Waals surface area contributed by atoms with Crippen molar-refractivity contribution in [3.05, 3.63) is 40.3 Å². The van der Waals surface area contributed by atoms with Crippen LogP contribution in [-0.4, -0.2) is 18.7 Å². The Kier molecular flexibility index (Phi) is 5.46. The van der Waals surface area contributed by atoms with Crippen molar-refractivity contribution >= 4 is 11.3 Å². The van der Waals surface area contributed by atoms with Crippen LogP contribution in [0.4, 0.5) is 8.78 Å². The number of thiazole rings is 1. The largest absolute Gasteiger partial charge is 0.493 e. The molecule has 1 N–H and O–H groups in total. The van der Waals surface area contributed by atoms with E-state index in [4.69, 9.17) is 4.74 Å². The number of hydrogen-bond acceptors (Lipinski definition) is 5. The number of para-hydroxylation sites is 1. The molecule has 0 spiro atoms. The fraction of sp³-hybridized carbons (Fsp3) is 0.357. The van der Waals surface area contributed by atoms with Gasteiger partial charge in [0.05, 0.1) is 13.2 Å². The summed E-state index contributed by atoms with van der Waals surface area (Å²) in [5, 5.41) is 6.07. The van der Waals surface area contributed by atoms with E-state index in [0.29, 0.717) is 12.1 Å². The second-order valence-electron chi connectivity index (χ2n) is 4.30. The monoisotopic (exact) mass is 314 g/mol. The van der Waals surface area contributed by atoms with Gasteiger partial charge in [0.25, 0.3) is 0 Å². The molecule has 0 aliphatic rings. The van der Waals surface area contributed by atoms with Gasteiger partial charge in [0, 0.05) is 23.7 Å². The van der Waals surface area contributed by atoms with Crippen LogP contribution in [0.3, 0.4) is 0 Å². The zero-order valence-electron chi connectivity index (χ0n) is 11.7. The number of rotatable bonds is 7. The van der Waals surface area contributed by atoms with Gasteiger partial charge in [-0.05, 0) is 13.0 Å². The Morgan fingerprint density at radius 3 is 2.81 bits per heavy atom. The maximum absolute atomic E-state index is 12.5. The zero-order valence-corrected chi connectivity index (χ0v) is 12.5. The molecular weight excluding hydrogens is 298 g/mol. The number of halogens is 2. The van der Waals surface area contributed by atoms with Crippen LogP contribution in [0.15, 0.2) is 29.8 Å². The molecule has 1 aromatic carbocycles. The quantitative estimate of drug-likeness (QED) is 0.848. The molecule has 1 unspecified atom stereocenters. The first-order chi connectivity index (χ1) is 10.1. The first kappa shape index (κ1) is 15.7. The van der Waals surface area contributed by atoms with Gasteiger partial charge in [0.15, 0.2) is 11.5 Å². The minimum absolute atomic E-state index is 0.0237. The third kappa shape index (κ3) is 4.12. The van der Waals surface area contributed by atoms with Gasteiger partial charge in [-0.25, -0.2) is 4.98 Å². The number of alkyl halides is 2. The number of hydrogen-bond donors (Lipinski definition) is 1. The van der Waals surface area contributed by atoms with Crippen molar-refractivity contribution in [3.63, 3.8) is 0 Å². The average Bonchev–Trinajstić information content (AvgIpc) is 2.99. The van der Waals surface area contributed by atoms with Gasteiger partial charge in [-0.3, -0.25) is 0 Å². The lowest BCUT2D eigenvalue weighted by Crippen LogP contribution is -2.19. The van der Waals surface area contributed by atoms with Gasteiger partial charge in [-0.2, -0.15) is 8.78 Å². The summed E-state index contributed by atoms with van der Waals surface area (Å²) in [6, 6.07) is 5.07. The predicted octanol–water partition coefficient (Wildman–Crippen LogP) is 3.60. The highest BCUT2D eigenvalue weighted by atomic mass is 32.1. The molecule has 4 nitrogen and oxygen atoms in total. The number of nitrogens with zero attached hydrogens (tertiary/aromatic N) is 1. The van der Waals surface area contributed by atoms with Crippen molar-refractivity contribution in [2.75, 3.05) is 7.11 Å². The van der Waals surface area contributed by atoms with E-state index >= 15 is 0 Å². The lowest BCUT2D eigenvalue weighted by atomic mass is 10.1. The summed E-state index contributed by atoms with van der Waals surface area (Å²) in [6.45, 7) is -0.552. The van der Waals surface area contributed by atoms with Crippen molar-refractivity contribution < 1.29 is 18.3 Å². The zero-order chi connectivity index (χ0) is 15.2. The smallest absolute Gasteiger partial charge is 0.387 e. The highest BCUT2D eigenvalue weighted by Gasteiger charge is 2.16. The number of ether oxygens (including phenoxy) is 2. The minimum atomic E-state index is -2.89. The van der Waals surface area contributed by atoms with E-state index in [9.17, 15) is 8.78 Å². The molecule has 21 heavy (non-hydrogen) atoms. The summed E-state index contributed by atoms with van der Waals surface area (Å²) in [5.41, 5.74) is 0.609. The van der Waals surface area contributed by atoms with E-state index in [1.54, 1.807) is 24.4 Å². The summed E-state index contributed by atoms with van der Waals surface area (Å²) < 4.78 is 34.7. The molecule has 114 valence electrons. The van der Waals surface area contributed by atoms with Gasteiger partial charge in [0.1, 0.15) is 5.01 Å². The van der Waals surface area contributed by atoms with E-state index in [0.717, 1.165) is 5.01 Å². The molecular formula is C14H16F2N2O2S. The van der Waals surface area contributed by atoms with Gasteiger partial charge in [-0.1, -0.05) is 12.1 Å². The lowest BCUT2D eigenvalue weighted by Gasteiger charge is -2.16. The van der Waals surface area contributed by atoms with Crippen molar-refractivity contribution in [2.45, 2.75) is 26.1 Å². The molecule has 2 aromatic rings. The molecule has 0 amide bonds. The van der Waals surface area contributed by atoms with E-state index in [1.807, 2.05) is 12.3 Å². The molecule has 1 heterocycles. The van der Waals surface area contributed by atoms with E-state index in [1.165, 1.54) is 18.4 Å². The maximum atomic E-state index is 12.5. The van der Waals surface area contributed by atoms with Gasteiger partial charge < -0.3 is 14.8 Å². The number of methoxy groups -OCH3 is 1. The Morgan fingerprint density at radius 2 is 2.19 bits per heavy atom. The molecule has 1 atom stereocenters. The van der Waals surface area contributed by atoms with Crippen LogP contribution in [-0.2, 0) is 6.54 Å². The fourth-order valence-electron chi connectivity index (χ4n) is 1.88. The van der Waals surface area contributed by atoms with Crippen LogP contribution < -0.4 is 14.8 Å². The molecule has 0 radical (unpaired) electrons. The number of benzene rings is 1. The number of nitrogens with one attached hydrogen (secondary N) is 1. The van der Waals surface area contributed by atoms with Gasteiger partial charge in [0.2, 0.25) is 0 Å². The molecule has 0 aliphatic carbocycles. The highest BCUT2D eigenvalue weighted by Crippen LogP contribution is 2.32. The predicted molar refractivity (Wildman–Crippen MR) is 77.0 cm³/mol. The molecule has 0 saturated carbocycles. The average molecular weight is 314 g/mol. The molecule has 0 bridgehead atoms. The van der Waals surface area contributed by atoms with Crippen LogP contribution in [0, 0.1) is 0 Å². The molecule has 1 aromatic heterocycles. The van der Waals surface area contributed by atoms with Crippen LogP contribution in [0.1, 0.15) is 23.5 Å². The van der Waals surface area contributed by atoms with Gasteiger partial charge in [-0.15, -0.1) is 11.3 Å². The van der Waals surface area contributed by atoms with Crippen LogP contribution in [0.25, 0.3) is 0 Å². The Hall–Kier alpha value is -1.73. The lowest BCUT2D eigenvalue weighted by molar-refractivity contribution is -0.0518. The summed E-state index contributed by atoms with van der Waals surface area (Å²) in [4.78, 5) is 4.21. The standard InChI is InChI=1S/C14H16F2N2O2S/c1-9(13-17-6-7-21-13)18-8-10-4-3-5-11(19-2)12(10)20-14(15)16/h3-7,9,14,18H,8H2,1-2H3. The van der Waals surface area contributed by atoms with Crippen molar-refractivity contribution in [3.8, 4) is 11.5 Å². The third-order valence-electron chi connectivity index (χ3n) is 2.91. The Morgan fingerprint density at radius 1 is 1.38 bits per heavy atom. The maximum Gasteiger partial charge on any atom is 0.387 e. The van der Waals surface area contributed by atoms with Crippen molar-refractivity contribution in [2.24, 2.45) is 0 Å². The Balaban J connectivity index is 2.11. The van der Waals surface area contributed by atoms with Crippen LogP contribution in [0.5, 0.6) is 11.5 Å². The number of aromatic nitrogens is 1. The van der Waals surface area contributed by atoms with E-state index in [2.05, 4.69) is 15.0 Å². The van der Waals surface area contributed by atoms with Crippen LogP contribution >= 0.6 is 11.3 Å². The minimum Gasteiger partial charge on any atom is -0.493 e. The van der Waals surface area contributed by atoms with E-state index < -0.39 is 6.61 Å². The first-order valence-electron chi connectivity index (χ1n) is 6.35. The van der Waals surface area contributed by atoms with Crippen molar-refractivity contribution in [1.82, 2.24) is 10.3 Å². The van der Waals surface area contributed by atoms with Crippen LogP contribution in [0.2, 0.25) is 0 Å². The van der Waals surface area contributed by atoms with Gasteiger partial charge >= 0.3 is 6.61 Å². The summed E-state index contributed by atoms with van der Waals surface area (Å²) in [7, 11) is 1.42. The molecule has 2 rings (SSSR count). The molecule has 0 aliphatic heterocycles. The summed E-state index contributed by atoms with van der Waals surface area (Å²) in [5.74, 6) is 0.352. The molecule has 7 heteroatoms. The second kappa shape index (κ2) is 7.33. The summed E-state index contributed by atoms with van der Waals surface area (Å²) in [6.07, 6.45) is 1.73. The molecule has 0 fully saturated rings. The van der Waals surface area contributed by atoms with E-state index in [-0.39, 0.29) is 17.5 Å². The Bertz CT molecular complexity index is 564. The van der Waals surface area contributed by atoms with Crippen molar-refractivity contribution in [1.29, 1.82) is 0 Å². The third-order valence-corrected chi connectivity index (χ3v) is 3.87. The summed E-state index contributed by atoms with van der Waals surface area (Å²) >= 11 is 1.54. The molecule has 0 saturated heterocycles. The normalized spacial score (nSPS) is 12.4. The topological polar surface area (TPSA) is 43.4 Å². The SMILES string of the molecule is COc1cccc(CNC(C)c2nccs2)c1OC(F)F. The second-order valence-corrected chi connectivity index (χ2v) is 5.23. The first-order valence-corrected chi connectivity index (χ1v) is 7.23. The Labute approximate surface area is 125 Å². The fourth-order valence-corrected chi connectivity index (χ4v) is 2.55.